The summed E-state index contributed by atoms with van der Waals surface area (Å²) in [6.07, 6.45) is 3.05. The number of aromatic nitrogens is 3. The molecule has 0 atom stereocenters. The van der Waals surface area contributed by atoms with Crippen molar-refractivity contribution < 1.29 is 14.3 Å². The molecular formula is C16H18N4O3S. The van der Waals surface area contributed by atoms with Crippen LogP contribution in [0.1, 0.15) is 23.4 Å². The summed E-state index contributed by atoms with van der Waals surface area (Å²) in [4.78, 5) is 12.0. The molecule has 4 rings (SSSR count). The van der Waals surface area contributed by atoms with Crippen LogP contribution in [0.2, 0.25) is 0 Å². The molecule has 0 radical (unpaired) electrons. The molecule has 2 aromatic rings. The third-order valence-corrected chi connectivity index (χ3v) is 5.18. The molecular weight excluding hydrogens is 328 g/mol. The van der Waals surface area contributed by atoms with Crippen LogP contribution in [0.15, 0.2) is 23.4 Å². The molecule has 0 unspecified atom stereocenters. The van der Waals surface area contributed by atoms with Crippen molar-refractivity contribution >= 4 is 17.9 Å². The summed E-state index contributed by atoms with van der Waals surface area (Å²) in [7, 11) is 1.37. The fraction of sp³-hybridized carbons (Fsp3) is 0.438. The number of hydrogen-bond acceptors (Lipinski definition) is 6. The highest BCUT2D eigenvalue weighted by molar-refractivity contribution is 7.99. The number of ether oxygens (including phenoxy) is 2. The highest BCUT2D eigenvalue weighted by atomic mass is 32.2. The maximum Gasteiger partial charge on any atom is 0.428 e. The first-order valence-corrected chi connectivity index (χ1v) is 8.92. The number of amides is 1. The first kappa shape index (κ1) is 15.3. The molecule has 24 heavy (non-hydrogen) atoms. The lowest BCUT2D eigenvalue weighted by molar-refractivity contribution is 0.169. The van der Waals surface area contributed by atoms with Crippen molar-refractivity contribution in [1.29, 1.82) is 0 Å². The van der Waals surface area contributed by atoms with Gasteiger partial charge in [0, 0.05) is 5.75 Å². The molecule has 0 saturated carbocycles. The predicted molar refractivity (Wildman–Crippen MR) is 89.0 cm³/mol. The summed E-state index contributed by atoms with van der Waals surface area (Å²) in [5.74, 6) is 2.17. The highest BCUT2D eigenvalue weighted by Crippen LogP contribution is 2.27. The molecule has 7 nitrogen and oxygen atoms in total. The van der Waals surface area contributed by atoms with Crippen molar-refractivity contribution in [3.63, 3.8) is 0 Å². The summed E-state index contributed by atoms with van der Waals surface area (Å²) in [5, 5.41) is 10.5. The van der Waals surface area contributed by atoms with Crippen LogP contribution in [0.5, 0.6) is 5.75 Å². The number of aryl methyl sites for hydroxylation is 2. The van der Waals surface area contributed by atoms with Crippen LogP contribution in [0.25, 0.3) is 0 Å². The maximum absolute atomic E-state index is 12.0. The van der Waals surface area contributed by atoms with E-state index < -0.39 is 6.09 Å². The van der Waals surface area contributed by atoms with E-state index in [-0.39, 0.29) is 6.61 Å². The first-order valence-electron chi connectivity index (χ1n) is 7.94. The Labute approximate surface area is 143 Å². The van der Waals surface area contributed by atoms with Crippen molar-refractivity contribution in [1.82, 2.24) is 14.9 Å². The van der Waals surface area contributed by atoms with E-state index in [1.54, 1.807) is 16.4 Å². The van der Waals surface area contributed by atoms with E-state index in [0.717, 1.165) is 24.3 Å². The number of benzene rings is 1. The summed E-state index contributed by atoms with van der Waals surface area (Å²) in [6.45, 7) is 0.800. The van der Waals surface area contributed by atoms with E-state index in [1.165, 1.54) is 29.7 Å². The number of methoxy groups -OCH3 is 1. The minimum atomic E-state index is -0.421. The van der Waals surface area contributed by atoms with Gasteiger partial charge in [-0.25, -0.2) is 14.5 Å². The summed E-state index contributed by atoms with van der Waals surface area (Å²) >= 11 is 1.56. The second-order valence-electron chi connectivity index (χ2n) is 5.72. The Morgan fingerprint density at radius 3 is 3.04 bits per heavy atom. The van der Waals surface area contributed by atoms with Crippen molar-refractivity contribution in [3.8, 4) is 5.75 Å². The number of carbonyl (C=O) groups excluding carboxylic acids is 1. The SMILES string of the molecule is COC(=O)N1CCSc2nnc(COc3ccc4c(c3)CCC4)n21. The van der Waals surface area contributed by atoms with Gasteiger partial charge in [0.2, 0.25) is 5.16 Å². The number of rotatable bonds is 3. The number of nitrogens with zero attached hydrogens (tertiary/aromatic N) is 4. The minimum Gasteiger partial charge on any atom is -0.486 e. The van der Waals surface area contributed by atoms with E-state index in [2.05, 4.69) is 22.3 Å². The molecule has 8 heteroatoms. The zero-order chi connectivity index (χ0) is 16.5. The molecule has 0 N–H and O–H groups in total. The van der Waals surface area contributed by atoms with Gasteiger partial charge in [-0.2, -0.15) is 0 Å². The van der Waals surface area contributed by atoms with E-state index in [4.69, 9.17) is 9.47 Å². The van der Waals surface area contributed by atoms with Gasteiger partial charge in [0.1, 0.15) is 12.4 Å². The van der Waals surface area contributed by atoms with Gasteiger partial charge in [-0.05, 0) is 42.5 Å². The second kappa shape index (κ2) is 6.35. The molecule has 1 aliphatic carbocycles. The van der Waals surface area contributed by atoms with Gasteiger partial charge in [-0.1, -0.05) is 17.8 Å². The normalized spacial score (nSPS) is 15.8. The number of hydrogen-bond donors (Lipinski definition) is 0. The molecule has 2 aliphatic rings. The zero-order valence-corrected chi connectivity index (χ0v) is 14.2. The van der Waals surface area contributed by atoms with Crippen molar-refractivity contribution in [2.45, 2.75) is 31.0 Å². The molecule has 126 valence electrons. The van der Waals surface area contributed by atoms with Crippen LogP contribution in [-0.4, -0.2) is 40.4 Å². The van der Waals surface area contributed by atoms with Gasteiger partial charge in [-0.3, -0.25) is 0 Å². The van der Waals surface area contributed by atoms with Crippen LogP contribution in [-0.2, 0) is 24.2 Å². The highest BCUT2D eigenvalue weighted by Gasteiger charge is 2.28. The fourth-order valence-corrected chi connectivity index (χ4v) is 3.98. The van der Waals surface area contributed by atoms with Crippen molar-refractivity contribution in [2.75, 3.05) is 24.4 Å². The van der Waals surface area contributed by atoms with E-state index >= 15 is 0 Å². The summed E-state index contributed by atoms with van der Waals surface area (Å²) in [5.41, 5.74) is 2.78. The van der Waals surface area contributed by atoms with Gasteiger partial charge in [0.05, 0.1) is 13.7 Å². The van der Waals surface area contributed by atoms with E-state index in [9.17, 15) is 4.79 Å². The topological polar surface area (TPSA) is 69.5 Å². The molecule has 0 fully saturated rings. The number of thioether (sulfide) groups is 1. The number of fused-ring (bicyclic) bond motifs is 2. The van der Waals surface area contributed by atoms with Crippen LogP contribution in [0.4, 0.5) is 4.79 Å². The summed E-state index contributed by atoms with van der Waals surface area (Å²) in [6, 6.07) is 6.22. The fourth-order valence-electron chi connectivity index (χ4n) is 3.11. The summed E-state index contributed by atoms with van der Waals surface area (Å²) < 4.78 is 12.4. The molecule has 1 aliphatic heterocycles. The van der Waals surface area contributed by atoms with E-state index in [0.29, 0.717) is 17.5 Å². The monoisotopic (exact) mass is 346 g/mol. The Kier molecular flexibility index (Phi) is 4.05. The van der Waals surface area contributed by atoms with Crippen LogP contribution in [0.3, 0.4) is 0 Å². The third kappa shape index (κ3) is 2.71. The maximum atomic E-state index is 12.0. The molecule has 1 aromatic heterocycles. The van der Waals surface area contributed by atoms with Crippen molar-refractivity contribution in [2.24, 2.45) is 0 Å². The molecule has 1 amide bonds. The lowest BCUT2D eigenvalue weighted by atomic mass is 10.1. The quantitative estimate of drug-likeness (QED) is 0.848. The zero-order valence-electron chi connectivity index (χ0n) is 13.4. The average molecular weight is 346 g/mol. The molecule has 2 heterocycles. The third-order valence-electron chi connectivity index (χ3n) is 4.28. The Balaban J connectivity index is 1.53. The molecule has 0 spiro atoms. The van der Waals surface area contributed by atoms with Gasteiger partial charge in [-0.15, -0.1) is 10.2 Å². The van der Waals surface area contributed by atoms with Gasteiger partial charge in [0.15, 0.2) is 5.82 Å². The predicted octanol–water partition coefficient (Wildman–Crippen LogP) is 2.16. The Morgan fingerprint density at radius 2 is 2.17 bits per heavy atom. The largest absolute Gasteiger partial charge is 0.486 e. The minimum absolute atomic E-state index is 0.250. The second-order valence-corrected chi connectivity index (χ2v) is 6.79. The smallest absolute Gasteiger partial charge is 0.428 e. The Hall–Kier alpha value is -2.22. The van der Waals surface area contributed by atoms with Gasteiger partial charge < -0.3 is 9.47 Å². The Morgan fingerprint density at radius 1 is 1.29 bits per heavy atom. The van der Waals surface area contributed by atoms with Crippen LogP contribution >= 0.6 is 11.8 Å². The van der Waals surface area contributed by atoms with Gasteiger partial charge >= 0.3 is 6.09 Å². The molecule has 1 aromatic carbocycles. The van der Waals surface area contributed by atoms with Gasteiger partial charge in [0.25, 0.3) is 0 Å². The Bertz CT molecular complexity index is 777. The van der Waals surface area contributed by atoms with Crippen LogP contribution in [0, 0.1) is 0 Å². The van der Waals surface area contributed by atoms with E-state index in [1.807, 2.05) is 6.07 Å². The number of carbonyl (C=O) groups is 1. The van der Waals surface area contributed by atoms with Crippen LogP contribution < -0.4 is 9.75 Å². The molecule has 0 bridgehead atoms. The lowest BCUT2D eigenvalue weighted by Gasteiger charge is -2.27. The van der Waals surface area contributed by atoms with Crippen molar-refractivity contribution in [3.05, 3.63) is 35.2 Å². The average Bonchev–Trinajstić information content (AvgIpc) is 3.25. The lowest BCUT2D eigenvalue weighted by Crippen LogP contribution is -2.45. The standard InChI is InChI=1S/C16H18N4O3S/c1-22-16(21)19-7-8-24-15-18-17-14(20(15)19)10-23-13-6-5-11-3-2-4-12(11)9-13/h5-6,9H,2-4,7-8,10H2,1H3. The first-order chi connectivity index (χ1) is 11.8. The molecule has 0 saturated heterocycles.